The highest BCUT2D eigenvalue weighted by molar-refractivity contribution is 8.02. The van der Waals surface area contributed by atoms with Crippen molar-refractivity contribution < 1.29 is 9.59 Å². The largest absolute Gasteiger partial charge is 0.325 e. The molecule has 0 fully saturated rings. The van der Waals surface area contributed by atoms with E-state index in [1.165, 1.54) is 23.5 Å². The third kappa shape index (κ3) is 6.74. The van der Waals surface area contributed by atoms with E-state index in [0.717, 1.165) is 55.8 Å². The van der Waals surface area contributed by atoms with E-state index >= 15 is 0 Å². The van der Waals surface area contributed by atoms with Gasteiger partial charge in [-0.25, -0.2) is 9.97 Å². The highest BCUT2D eigenvalue weighted by atomic mass is 32.2. The number of aryl methyl sites for hydroxylation is 6. The summed E-state index contributed by atoms with van der Waals surface area (Å²) in [4.78, 5) is 35.2. The third-order valence-electron chi connectivity index (χ3n) is 6.07. The molecule has 0 saturated carbocycles. The molecule has 0 aliphatic heterocycles. The Morgan fingerprint density at radius 2 is 0.974 bits per heavy atom. The molecule has 0 aliphatic carbocycles. The van der Waals surface area contributed by atoms with Gasteiger partial charge in [-0.1, -0.05) is 71.0 Å². The first-order valence-electron chi connectivity index (χ1n) is 12.4. The van der Waals surface area contributed by atoms with Gasteiger partial charge in [0.1, 0.15) is 10.1 Å². The molecule has 4 aromatic rings. The fraction of sp³-hybridized carbons (Fsp3) is 0.267. The number of hydrogen-bond donors (Lipinski definition) is 2. The molecule has 1 heterocycles. The van der Waals surface area contributed by atoms with E-state index in [0.29, 0.717) is 10.1 Å². The van der Waals surface area contributed by atoms with Gasteiger partial charge in [0.2, 0.25) is 11.8 Å². The normalized spacial score (nSPS) is 11.0. The van der Waals surface area contributed by atoms with E-state index < -0.39 is 0 Å². The van der Waals surface area contributed by atoms with Crippen molar-refractivity contribution >= 4 is 57.7 Å². The Balaban J connectivity index is 1.48. The summed E-state index contributed by atoms with van der Waals surface area (Å²) in [6.07, 6.45) is 0. The van der Waals surface area contributed by atoms with Crippen LogP contribution in [0.3, 0.4) is 0 Å². The molecule has 0 saturated heterocycles. The minimum atomic E-state index is -0.112. The van der Waals surface area contributed by atoms with Gasteiger partial charge in [0, 0.05) is 11.4 Å². The molecular formula is C30H32N4O2S2. The Bertz CT molecular complexity index is 1370. The smallest absolute Gasteiger partial charge is 0.234 e. The highest BCUT2D eigenvalue weighted by Crippen LogP contribution is 2.31. The fourth-order valence-electron chi connectivity index (χ4n) is 4.53. The monoisotopic (exact) mass is 544 g/mol. The zero-order valence-corrected chi connectivity index (χ0v) is 24.2. The molecule has 0 aliphatic rings. The molecule has 4 rings (SSSR count). The summed E-state index contributed by atoms with van der Waals surface area (Å²) in [5.41, 5.74) is 9.66. The van der Waals surface area contributed by atoms with Crippen molar-refractivity contribution in [1.29, 1.82) is 0 Å². The predicted molar refractivity (Wildman–Crippen MR) is 160 cm³/mol. The van der Waals surface area contributed by atoms with E-state index in [1.807, 2.05) is 65.8 Å². The number of rotatable bonds is 8. The number of anilines is 2. The topological polar surface area (TPSA) is 84.0 Å². The summed E-state index contributed by atoms with van der Waals surface area (Å²) < 4.78 is 0. The number of carbonyl (C=O) groups excluding carboxylic acids is 2. The van der Waals surface area contributed by atoms with Crippen LogP contribution >= 0.6 is 23.5 Å². The highest BCUT2D eigenvalue weighted by Gasteiger charge is 2.16. The fourth-order valence-corrected chi connectivity index (χ4v) is 6.23. The van der Waals surface area contributed by atoms with E-state index in [-0.39, 0.29) is 23.3 Å². The maximum absolute atomic E-state index is 12.9. The van der Waals surface area contributed by atoms with Crippen LogP contribution in [0.2, 0.25) is 0 Å². The maximum Gasteiger partial charge on any atom is 0.234 e. The van der Waals surface area contributed by atoms with Crippen LogP contribution < -0.4 is 10.6 Å². The molecule has 2 amide bonds. The Morgan fingerprint density at radius 3 is 1.32 bits per heavy atom. The molecule has 8 heteroatoms. The summed E-state index contributed by atoms with van der Waals surface area (Å²) in [6.45, 7) is 12.1. The van der Waals surface area contributed by atoms with Gasteiger partial charge < -0.3 is 10.6 Å². The van der Waals surface area contributed by atoms with Gasteiger partial charge in [0.25, 0.3) is 0 Å². The maximum atomic E-state index is 12.9. The number of hydrogen-bond acceptors (Lipinski definition) is 6. The van der Waals surface area contributed by atoms with Crippen molar-refractivity contribution in [3.05, 3.63) is 81.9 Å². The van der Waals surface area contributed by atoms with Crippen LogP contribution in [0.1, 0.15) is 33.4 Å². The van der Waals surface area contributed by atoms with E-state index in [1.54, 1.807) is 0 Å². The molecule has 0 bridgehead atoms. The Kier molecular flexibility index (Phi) is 8.74. The number of carbonyl (C=O) groups is 2. The first kappa shape index (κ1) is 27.7. The molecular weight excluding hydrogens is 512 g/mol. The zero-order chi connectivity index (χ0) is 27.4. The first-order chi connectivity index (χ1) is 18.1. The summed E-state index contributed by atoms with van der Waals surface area (Å²) in [5.74, 6) is 0.140. The standard InChI is InChI=1S/C30H32N4O2S2/c1-17-11-19(3)27(20(4)12-17)33-25(35)15-37-29-30(32-24-10-8-7-9-23(24)31-29)38-16-26(36)34-28-21(5)13-18(2)14-22(28)6/h7-14H,15-16H2,1-6H3,(H,33,35)(H,34,36). The number of aromatic nitrogens is 2. The van der Waals surface area contributed by atoms with Gasteiger partial charge in [0.15, 0.2) is 0 Å². The van der Waals surface area contributed by atoms with E-state index in [2.05, 4.69) is 34.9 Å². The number of nitrogens with zero attached hydrogens (tertiary/aromatic N) is 2. The minimum absolute atomic E-state index is 0.112. The lowest BCUT2D eigenvalue weighted by molar-refractivity contribution is -0.114. The lowest BCUT2D eigenvalue weighted by Crippen LogP contribution is -2.17. The van der Waals surface area contributed by atoms with Gasteiger partial charge in [-0.05, 0) is 75.9 Å². The predicted octanol–water partition coefficient (Wildman–Crippen LogP) is 6.94. The quantitative estimate of drug-likeness (QED) is 0.234. The molecule has 0 spiro atoms. The van der Waals surface area contributed by atoms with Gasteiger partial charge in [-0.15, -0.1) is 0 Å². The van der Waals surface area contributed by atoms with Gasteiger partial charge in [0.05, 0.1) is 22.5 Å². The van der Waals surface area contributed by atoms with Crippen LogP contribution in [0.25, 0.3) is 11.0 Å². The van der Waals surface area contributed by atoms with Gasteiger partial charge in [-0.2, -0.15) is 0 Å². The van der Waals surface area contributed by atoms with Crippen molar-refractivity contribution in [2.24, 2.45) is 0 Å². The summed E-state index contributed by atoms with van der Waals surface area (Å²) >= 11 is 2.66. The molecule has 1 aromatic heterocycles. The van der Waals surface area contributed by atoms with Crippen molar-refractivity contribution in [2.75, 3.05) is 22.1 Å². The van der Waals surface area contributed by atoms with Crippen LogP contribution in [0.5, 0.6) is 0 Å². The number of fused-ring (bicyclic) bond motifs is 1. The summed E-state index contributed by atoms with van der Waals surface area (Å²) in [6, 6.07) is 15.9. The van der Waals surface area contributed by atoms with Crippen molar-refractivity contribution in [3.8, 4) is 0 Å². The number of benzene rings is 3. The van der Waals surface area contributed by atoms with Crippen molar-refractivity contribution in [1.82, 2.24) is 9.97 Å². The van der Waals surface area contributed by atoms with Crippen molar-refractivity contribution in [2.45, 2.75) is 51.6 Å². The lowest BCUT2D eigenvalue weighted by atomic mass is 10.1. The van der Waals surface area contributed by atoms with Crippen LogP contribution in [0.15, 0.2) is 58.6 Å². The molecule has 196 valence electrons. The molecule has 0 radical (unpaired) electrons. The molecule has 0 unspecified atom stereocenters. The average Bonchev–Trinajstić information content (AvgIpc) is 2.85. The Morgan fingerprint density at radius 1 is 0.632 bits per heavy atom. The Labute approximate surface area is 232 Å². The van der Waals surface area contributed by atoms with Crippen LogP contribution in [0, 0.1) is 41.5 Å². The van der Waals surface area contributed by atoms with E-state index in [9.17, 15) is 9.59 Å². The average molecular weight is 545 g/mol. The number of amides is 2. The molecule has 6 nitrogen and oxygen atoms in total. The molecule has 3 aromatic carbocycles. The zero-order valence-electron chi connectivity index (χ0n) is 22.6. The van der Waals surface area contributed by atoms with Crippen LogP contribution in [0.4, 0.5) is 11.4 Å². The molecule has 38 heavy (non-hydrogen) atoms. The SMILES string of the molecule is Cc1cc(C)c(NC(=O)CSc2nc3ccccc3nc2SCC(=O)Nc2c(C)cc(C)cc2C)c(C)c1. The third-order valence-corrected chi connectivity index (χ3v) is 8.13. The van der Waals surface area contributed by atoms with Gasteiger partial charge >= 0.3 is 0 Å². The number of thioether (sulfide) groups is 2. The number of nitrogens with one attached hydrogen (secondary N) is 2. The summed E-state index contributed by atoms with van der Waals surface area (Å²) in [7, 11) is 0. The van der Waals surface area contributed by atoms with Gasteiger partial charge in [-0.3, -0.25) is 9.59 Å². The first-order valence-corrected chi connectivity index (χ1v) is 14.4. The molecule has 0 atom stereocenters. The molecule has 2 N–H and O–H groups in total. The lowest BCUT2D eigenvalue weighted by Gasteiger charge is -2.14. The summed E-state index contributed by atoms with van der Waals surface area (Å²) in [5, 5.41) is 7.36. The second kappa shape index (κ2) is 12.0. The minimum Gasteiger partial charge on any atom is -0.325 e. The Hall–Kier alpha value is -3.36. The second-order valence-electron chi connectivity index (χ2n) is 9.54. The second-order valence-corrected chi connectivity index (χ2v) is 11.5. The number of para-hydroxylation sites is 2. The van der Waals surface area contributed by atoms with Crippen LogP contribution in [-0.2, 0) is 9.59 Å². The van der Waals surface area contributed by atoms with Crippen molar-refractivity contribution in [3.63, 3.8) is 0 Å². The van der Waals surface area contributed by atoms with Crippen LogP contribution in [-0.4, -0.2) is 33.3 Å². The van der Waals surface area contributed by atoms with E-state index in [4.69, 9.17) is 9.97 Å².